The van der Waals surface area contributed by atoms with Crippen molar-refractivity contribution >= 4 is 36.0 Å². The van der Waals surface area contributed by atoms with Crippen molar-refractivity contribution in [2.75, 3.05) is 39.9 Å². The summed E-state index contributed by atoms with van der Waals surface area (Å²) >= 11 is 0. The van der Waals surface area contributed by atoms with Gasteiger partial charge in [-0.15, -0.1) is 24.0 Å². The Morgan fingerprint density at radius 2 is 1.97 bits per heavy atom. The van der Waals surface area contributed by atoms with Crippen LogP contribution in [0.1, 0.15) is 45.1 Å². The molecule has 0 aromatic heterocycles. The van der Waals surface area contributed by atoms with E-state index in [1.165, 1.54) is 12.7 Å². The van der Waals surface area contributed by atoms with Gasteiger partial charge in [-0.05, 0) is 37.3 Å². The summed E-state index contributed by atoms with van der Waals surface area (Å²) in [6, 6.07) is 8.45. The summed E-state index contributed by atoms with van der Waals surface area (Å²) in [5.74, 6) is 2.15. The number of nitrogens with zero attached hydrogens (tertiary/aromatic N) is 2. The second-order valence-corrected chi connectivity index (χ2v) is 7.18. The molecule has 7 nitrogen and oxygen atoms in total. The van der Waals surface area contributed by atoms with Gasteiger partial charge in [0.05, 0.1) is 13.7 Å². The number of carbonyl (C=O) groups excluding carboxylic acids is 1. The number of likely N-dealkylation sites (tertiary alicyclic amines) is 1. The number of halogens is 1. The molecule has 0 atom stereocenters. The number of ether oxygens (including phenoxy) is 2. The Morgan fingerprint density at radius 3 is 2.59 bits per heavy atom. The van der Waals surface area contributed by atoms with E-state index in [1.807, 2.05) is 25.1 Å². The Bertz CT molecular complexity index is 647. The van der Waals surface area contributed by atoms with Crippen LogP contribution >= 0.6 is 24.0 Å². The van der Waals surface area contributed by atoms with Crippen LogP contribution in [-0.4, -0.2) is 62.9 Å². The van der Waals surface area contributed by atoms with Gasteiger partial charge in [-0.3, -0.25) is 0 Å². The Labute approximate surface area is 191 Å². The number of rotatable bonds is 7. The summed E-state index contributed by atoms with van der Waals surface area (Å²) in [7, 11) is 1.42. The summed E-state index contributed by atoms with van der Waals surface area (Å²) in [6.45, 7) is 9.66. The third-order valence-electron chi connectivity index (χ3n) is 4.77. The van der Waals surface area contributed by atoms with Crippen molar-refractivity contribution in [3.05, 3.63) is 29.8 Å². The van der Waals surface area contributed by atoms with Crippen molar-refractivity contribution in [3.8, 4) is 5.75 Å². The lowest BCUT2D eigenvalue weighted by Gasteiger charge is -2.32. The Kier molecular flexibility index (Phi) is 11.8. The van der Waals surface area contributed by atoms with Gasteiger partial charge < -0.3 is 25.0 Å². The maximum absolute atomic E-state index is 11.6. The molecule has 1 aliphatic heterocycles. The molecule has 8 heteroatoms. The van der Waals surface area contributed by atoms with E-state index in [-0.39, 0.29) is 30.1 Å². The maximum atomic E-state index is 11.6. The minimum Gasteiger partial charge on any atom is -0.491 e. The van der Waals surface area contributed by atoms with E-state index < -0.39 is 0 Å². The van der Waals surface area contributed by atoms with E-state index in [0.29, 0.717) is 38.2 Å². The highest BCUT2D eigenvalue weighted by atomic mass is 127. The van der Waals surface area contributed by atoms with Crippen LogP contribution in [0.5, 0.6) is 5.75 Å². The highest BCUT2D eigenvalue weighted by molar-refractivity contribution is 14.0. The van der Waals surface area contributed by atoms with E-state index >= 15 is 0 Å². The number of piperidine rings is 1. The molecular formula is C21H35IN4O3. The molecule has 1 fully saturated rings. The predicted octanol–water partition coefficient (Wildman–Crippen LogP) is 3.59. The molecule has 29 heavy (non-hydrogen) atoms. The molecule has 0 unspecified atom stereocenters. The molecule has 1 aromatic carbocycles. The Balaban J connectivity index is 0.00000420. The fourth-order valence-corrected chi connectivity index (χ4v) is 3.25. The van der Waals surface area contributed by atoms with E-state index in [2.05, 4.69) is 35.5 Å². The van der Waals surface area contributed by atoms with Crippen LogP contribution in [0.15, 0.2) is 29.3 Å². The number of guanidine groups is 1. The number of benzene rings is 1. The van der Waals surface area contributed by atoms with Gasteiger partial charge in [0.25, 0.3) is 0 Å². The van der Waals surface area contributed by atoms with Gasteiger partial charge >= 0.3 is 6.09 Å². The molecular weight excluding hydrogens is 483 g/mol. The lowest BCUT2D eigenvalue weighted by Crippen LogP contribution is -2.49. The number of carbonyl (C=O) groups is 1. The average Bonchev–Trinajstić information content (AvgIpc) is 2.71. The monoisotopic (exact) mass is 518 g/mol. The van der Waals surface area contributed by atoms with Crippen molar-refractivity contribution in [2.45, 2.75) is 45.6 Å². The summed E-state index contributed by atoms with van der Waals surface area (Å²) in [6.07, 6.45) is 1.49. The normalized spacial score (nSPS) is 14.9. The zero-order valence-corrected chi connectivity index (χ0v) is 20.3. The molecule has 1 aliphatic rings. The standard InChI is InChI=1S/C21H34N4O3.HI/c1-5-22-20(24-17-10-13-25(14-11-17)21(26)27-4)23-12-15-28-19-9-7-6-8-18(19)16(2)3;/h6-9,16-17H,5,10-15H2,1-4H3,(H2,22,23,24);1H. The lowest BCUT2D eigenvalue weighted by atomic mass is 10.0. The summed E-state index contributed by atoms with van der Waals surface area (Å²) in [5, 5.41) is 6.75. The third-order valence-corrected chi connectivity index (χ3v) is 4.77. The Hall–Kier alpha value is -1.71. The lowest BCUT2D eigenvalue weighted by molar-refractivity contribution is 0.111. The van der Waals surface area contributed by atoms with Gasteiger partial charge in [-0.2, -0.15) is 0 Å². The summed E-state index contributed by atoms with van der Waals surface area (Å²) < 4.78 is 10.7. The summed E-state index contributed by atoms with van der Waals surface area (Å²) in [5.41, 5.74) is 1.22. The number of hydrogen-bond acceptors (Lipinski definition) is 4. The van der Waals surface area contributed by atoms with Crippen molar-refractivity contribution in [3.63, 3.8) is 0 Å². The van der Waals surface area contributed by atoms with Crippen molar-refractivity contribution in [1.29, 1.82) is 0 Å². The quantitative estimate of drug-likeness (QED) is 0.250. The number of amides is 1. The minimum absolute atomic E-state index is 0. The minimum atomic E-state index is -0.252. The van der Waals surface area contributed by atoms with Crippen LogP contribution in [-0.2, 0) is 4.74 Å². The van der Waals surface area contributed by atoms with Gasteiger partial charge in [-0.1, -0.05) is 32.0 Å². The van der Waals surface area contributed by atoms with Gasteiger partial charge in [0, 0.05) is 25.7 Å². The van der Waals surface area contributed by atoms with Gasteiger partial charge in [0.15, 0.2) is 5.96 Å². The van der Waals surface area contributed by atoms with Gasteiger partial charge in [0.2, 0.25) is 0 Å². The predicted molar refractivity (Wildman–Crippen MR) is 128 cm³/mol. The largest absolute Gasteiger partial charge is 0.491 e. The van der Waals surface area contributed by atoms with Crippen LogP contribution in [0.25, 0.3) is 0 Å². The first-order valence-electron chi connectivity index (χ1n) is 10.1. The fraction of sp³-hybridized carbons (Fsp3) is 0.619. The number of nitrogens with one attached hydrogen (secondary N) is 2. The highest BCUT2D eigenvalue weighted by Crippen LogP contribution is 2.25. The fourth-order valence-electron chi connectivity index (χ4n) is 3.25. The molecule has 0 radical (unpaired) electrons. The molecule has 0 saturated carbocycles. The molecule has 1 aromatic rings. The van der Waals surface area contributed by atoms with E-state index in [9.17, 15) is 4.79 Å². The number of methoxy groups -OCH3 is 1. The first-order valence-corrected chi connectivity index (χ1v) is 10.1. The zero-order chi connectivity index (χ0) is 20.4. The van der Waals surface area contributed by atoms with Crippen LogP contribution in [0.4, 0.5) is 4.79 Å². The summed E-state index contributed by atoms with van der Waals surface area (Å²) in [4.78, 5) is 18.0. The van der Waals surface area contributed by atoms with Crippen LogP contribution in [0.2, 0.25) is 0 Å². The SMILES string of the molecule is CCNC(=NCCOc1ccccc1C(C)C)NC1CCN(C(=O)OC)CC1.I. The third kappa shape index (κ3) is 8.28. The molecule has 1 saturated heterocycles. The van der Waals surface area contributed by atoms with Gasteiger partial charge in [0.1, 0.15) is 12.4 Å². The van der Waals surface area contributed by atoms with Crippen LogP contribution < -0.4 is 15.4 Å². The molecule has 1 heterocycles. The zero-order valence-electron chi connectivity index (χ0n) is 17.9. The van der Waals surface area contributed by atoms with Crippen molar-refractivity contribution in [2.24, 2.45) is 4.99 Å². The number of hydrogen-bond donors (Lipinski definition) is 2. The molecule has 0 aliphatic carbocycles. The van der Waals surface area contributed by atoms with Gasteiger partial charge in [-0.25, -0.2) is 9.79 Å². The van der Waals surface area contributed by atoms with Crippen molar-refractivity contribution < 1.29 is 14.3 Å². The Morgan fingerprint density at radius 1 is 1.28 bits per heavy atom. The maximum Gasteiger partial charge on any atom is 0.409 e. The van der Waals surface area contributed by atoms with E-state index in [4.69, 9.17) is 9.47 Å². The van der Waals surface area contributed by atoms with Crippen LogP contribution in [0, 0.1) is 0 Å². The first-order chi connectivity index (χ1) is 13.5. The smallest absolute Gasteiger partial charge is 0.409 e. The number of aliphatic imine (C=N–C) groups is 1. The number of para-hydroxylation sites is 1. The molecule has 0 spiro atoms. The molecule has 164 valence electrons. The molecule has 2 rings (SSSR count). The molecule has 0 bridgehead atoms. The average molecular weight is 518 g/mol. The highest BCUT2D eigenvalue weighted by Gasteiger charge is 2.23. The van der Waals surface area contributed by atoms with E-state index in [1.54, 1.807) is 4.90 Å². The topological polar surface area (TPSA) is 75.2 Å². The van der Waals surface area contributed by atoms with E-state index in [0.717, 1.165) is 31.1 Å². The first kappa shape index (κ1) is 25.3. The van der Waals surface area contributed by atoms with Crippen LogP contribution in [0.3, 0.4) is 0 Å². The molecule has 2 N–H and O–H groups in total. The second-order valence-electron chi connectivity index (χ2n) is 7.18. The second kappa shape index (κ2) is 13.5. The molecule has 1 amide bonds. The van der Waals surface area contributed by atoms with Crippen molar-refractivity contribution in [1.82, 2.24) is 15.5 Å².